The van der Waals surface area contributed by atoms with Gasteiger partial charge in [0.15, 0.2) is 0 Å². The zero-order valence-electron chi connectivity index (χ0n) is 6.20. The molecular formula is C10H9N. The molecule has 1 aliphatic heterocycles. The maximum atomic E-state index is 4.27. The third-order valence-corrected chi connectivity index (χ3v) is 1.73. The molecule has 1 nitrogen and oxygen atoms in total. The first-order valence-corrected chi connectivity index (χ1v) is 3.75. The van der Waals surface area contributed by atoms with Crippen LogP contribution in [0.25, 0.3) is 6.08 Å². The minimum absolute atomic E-state index is 0.987. The van der Waals surface area contributed by atoms with E-state index in [1.807, 2.05) is 24.4 Å². The third-order valence-electron chi connectivity index (χ3n) is 1.73. The van der Waals surface area contributed by atoms with E-state index in [9.17, 15) is 0 Å². The first-order chi connectivity index (χ1) is 5.47. The standard InChI is InChI=1S/C10H9N/c1-2-7-10-9(5-1)6-3-4-8-11-10/h1-2,4-8H,3H2. The summed E-state index contributed by atoms with van der Waals surface area (Å²) in [7, 11) is 0. The van der Waals surface area contributed by atoms with E-state index in [0.717, 1.165) is 11.8 Å². The molecule has 1 heteroatoms. The van der Waals surface area contributed by atoms with E-state index < -0.39 is 0 Å². The summed E-state index contributed by atoms with van der Waals surface area (Å²) in [5.41, 5.74) is 0. The van der Waals surface area contributed by atoms with Crippen molar-refractivity contribution in [1.29, 1.82) is 0 Å². The minimum atomic E-state index is 0.987. The molecule has 0 unspecified atom stereocenters. The molecular weight excluding hydrogens is 134 g/mol. The van der Waals surface area contributed by atoms with Gasteiger partial charge in [-0.25, -0.2) is 0 Å². The van der Waals surface area contributed by atoms with Gasteiger partial charge in [-0.15, -0.1) is 0 Å². The van der Waals surface area contributed by atoms with Crippen LogP contribution in [0.4, 0.5) is 0 Å². The Morgan fingerprint density at radius 2 is 2.09 bits per heavy atom. The topological polar surface area (TPSA) is 12.4 Å². The van der Waals surface area contributed by atoms with Gasteiger partial charge in [0.25, 0.3) is 0 Å². The zero-order valence-corrected chi connectivity index (χ0v) is 6.20. The smallest absolute Gasteiger partial charge is 0.0698 e. The molecule has 0 fully saturated rings. The SMILES string of the molecule is C1=CN=c2ccccc2=CC1. The fourth-order valence-electron chi connectivity index (χ4n) is 1.17. The van der Waals surface area contributed by atoms with Crippen LogP contribution < -0.4 is 10.6 Å². The van der Waals surface area contributed by atoms with Crippen molar-refractivity contribution in [3.63, 3.8) is 0 Å². The van der Waals surface area contributed by atoms with Gasteiger partial charge in [0, 0.05) is 6.20 Å². The van der Waals surface area contributed by atoms with Crippen molar-refractivity contribution in [3.05, 3.63) is 47.1 Å². The van der Waals surface area contributed by atoms with Crippen LogP contribution in [0.15, 0.2) is 41.5 Å². The molecule has 0 atom stereocenters. The summed E-state index contributed by atoms with van der Waals surface area (Å²) < 4.78 is 0. The van der Waals surface area contributed by atoms with Crippen LogP contribution in [0.1, 0.15) is 6.42 Å². The first kappa shape index (κ1) is 6.35. The quantitative estimate of drug-likeness (QED) is 0.514. The Balaban J connectivity index is 2.81. The first-order valence-electron chi connectivity index (χ1n) is 3.75. The summed E-state index contributed by atoms with van der Waals surface area (Å²) in [5, 5.41) is 2.30. The minimum Gasteiger partial charge on any atom is -0.257 e. The van der Waals surface area contributed by atoms with Gasteiger partial charge in [-0.05, 0) is 17.7 Å². The number of allylic oxidation sites excluding steroid dienone is 1. The zero-order chi connectivity index (χ0) is 7.52. The molecule has 0 N–H and O–H groups in total. The van der Waals surface area contributed by atoms with Gasteiger partial charge in [0.05, 0.1) is 5.36 Å². The van der Waals surface area contributed by atoms with Crippen molar-refractivity contribution >= 4 is 6.08 Å². The van der Waals surface area contributed by atoms with E-state index in [1.54, 1.807) is 0 Å². The number of nitrogens with zero attached hydrogens (tertiary/aromatic N) is 1. The highest BCUT2D eigenvalue weighted by Crippen LogP contribution is 1.87. The second-order valence-corrected chi connectivity index (χ2v) is 2.51. The van der Waals surface area contributed by atoms with Gasteiger partial charge in [-0.2, -0.15) is 0 Å². The van der Waals surface area contributed by atoms with E-state index in [1.165, 1.54) is 5.22 Å². The number of rotatable bonds is 0. The van der Waals surface area contributed by atoms with Crippen molar-refractivity contribution in [2.75, 3.05) is 0 Å². The Kier molecular flexibility index (Phi) is 1.56. The van der Waals surface area contributed by atoms with Crippen molar-refractivity contribution in [2.45, 2.75) is 6.42 Å². The molecule has 11 heavy (non-hydrogen) atoms. The van der Waals surface area contributed by atoms with Gasteiger partial charge in [-0.3, -0.25) is 4.99 Å². The maximum absolute atomic E-state index is 4.27. The van der Waals surface area contributed by atoms with E-state index in [0.29, 0.717) is 0 Å². The molecule has 54 valence electrons. The summed E-state index contributed by atoms with van der Waals surface area (Å²) >= 11 is 0. The molecule has 0 saturated carbocycles. The highest BCUT2D eigenvalue weighted by atomic mass is 14.7. The highest BCUT2D eigenvalue weighted by Gasteiger charge is 1.85. The molecule has 0 aliphatic carbocycles. The fraction of sp³-hybridized carbons (Fsp3) is 0.100. The van der Waals surface area contributed by atoms with Crippen LogP contribution >= 0.6 is 0 Å². The van der Waals surface area contributed by atoms with Gasteiger partial charge in [0.2, 0.25) is 0 Å². The monoisotopic (exact) mass is 143 g/mol. The molecule has 1 aliphatic rings. The average molecular weight is 143 g/mol. The molecule has 1 heterocycles. The largest absolute Gasteiger partial charge is 0.257 e. The Hall–Kier alpha value is -1.37. The van der Waals surface area contributed by atoms with Crippen molar-refractivity contribution in [3.8, 4) is 0 Å². The van der Waals surface area contributed by atoms with Crippen LogP contribution in [0.3, 0.4) is 0 Å². The van der Waals surface area contributed by atoms with Gasteiger partial charge >= 0.3 is 0 Å². The van der Waals surface area contributed by atoms with Crippen molar-refractivity contribution in [2.24, 2.45) is 4.99 Å². The number of benzene rings is 1. The molecule has 1 aromatic rings. The van der Waals surface area contributed by atoms with E-state index >= 15 is 0 Å². The molecule has 0 saturated heterocycles. The lowest BCUT2D eigenvalue weighted by Crippen LogP contribution is -2.22. The molecule has 2 rings (SSSR count). The third kappa shape index (κ3) is 1.22. The van der Waals surface area contributed by atoms with Gasteiger partial charge in [-0.1, -0.05) is 30.4 Å². The highest BCUT2D eigenvalue weighted by molar-refractivity contribution is 5.27. The number of hydrogen-bond acceptors (Lipinski definition) is 1. The predicted octanol–water partition coefficient (Wildman–Crippen LogP) is 1.00. The molecule has 0 radical (unpaired) electrons. The molecule has 0 aromatic heterocycles. The Morgan fingerprint density at radius 1 is 1.18 bits per heavy atom. The lowest BCUT2D eigenvalue weighted by molar-refractivity contribution is 1.31. The van der Waals surface area contributed by atoms with E-state index in [2.05, 4.69) is 23.2 Å². The van der Waals surface area contributed by atoms with Crippen LogP contribution in [0.2, 0.25) is 0 Å². The lowest BCUT2D eigenvalue weighted by atomic mass is 10.2. The van der Waals surface area contributed by atoms with E-state index in [-0.39, 0.29) is 0 Å². The van der Waals surface area contributed by atoms with Gasteiger partial charge < -0.3 is 0 Å². The van der Waals surface area contributed by atoms with Gasteiger partial charge in [0.1, 0.15) is 0 Å². The van der Waals surface area contributed by atoms with Crippen molar-refractivity contribution in [1.82, 2.24) is 0 Å². The second kappa shape index (κ2) is 2.70. The summed E-state index contributed by atoms with van der Waals surface area (Å²) in [4.78, 5) is 4.27. The molecule has 0 bridgehead atoms. The average Bonchev–Trinajstić information content (AvgIpc) is 2.28. The Morgan fingerprint density at radius 3 is 3.09 bits per heavy atom. The summed E-state index contributed by atoms with van der Waals surface area (Å²) in [6, 6.07) is 8.17. The molecule has 0 spiro atoms. The van der Waals surface area contributed by atoms with E-state index in [4.69, 9.17) is 0 Å². The van der Waals surface area contributed by atoms with Crippen LogP contribution in [-0.2, 0) is 0 Å². The Labute approximate surface area is 65.4 Å². The summed E-state index contributed by atoms with van der Waals surface area (Å²) in [6.45, 7) is 0. The summed E-state index contributed by atoms with van der Waals surface area (Å²) in [5.74, 6) is 0. The fourth-order valence-corrected chi connectivity index (χ4v) is 1.17. The lowest BCUT2D eigenvalue weighted by Gasteiger charge is -1.84. The van der Waals surface area contributed by atoms with Crippen LogP contribution in [-0.4, -0.2) is 0 Å². The maximum Gasteiger partial charge on any atom is 0.0698 e. The van der Waals surface area contributed by atoms with Crippen molar-refractivity contribution < 1.29 is 0 Å². The number of hydrogen-bond donors (Lipinski definition) is 0. The Bertz CT molecular complexity index is 388. The number of fused-ring (bicyclic) bond motifs is 1. The second-order valence-electron chi connectivity index (χ2n) is 2.51. The van der Waals surface area contributed by atoms with Crippen LogP contribution in [0, 0.1) is 0 Å². The molecule has 1 aromatic carbocycles. The number of para-hydroxylation sites is 1. The summed E-state index contributed by atoms with van der Waals surface area (Å²) in [6.07, 6.45) is 7.09. The normalized spacial score (nSPS) is 14.2. The predicted molar refractivity (Wildman–Crippen MR) is 45.4 cm³/mol. The molecule has 0 amide bonds. The van der Waals surface area contributed by atoms with Crippen LogP contribution in [0.5, 0.6) is 0 Å².